The fourth-order valence-electron chi connectivity index (χ4n) is 3.86. The van der Waals surface area contributed by atoms with Crippen molar-refractivity contribution >= 4 is 5.91 Å². The lowest BCUT2D eigenvalue weighted by molar-refractivity contribution is 0.0666. The van der Waals surface area contributed by atoms with Crippen molar-refractivity contribution in [2.45, 2.75) is 25.8 Å². The summed E-state index contributed by atoms with van der Waals surface area (Å²) in [4.78, 5) is 14.3. The predicted octanol–water partition coefficient (Wildman–Crippen LogP) is 3.70. The molecule has 0 spiro atoms. The Bertz CT molecular complexity index is 989. The first-order valence-electron chi connectivity index (χ1n) is 9.75. The van der Waals surface area contributed by atoms with Gasteiger partial charge in [0.05, 0.1) is 12.1 Å². The summed E-state index contributed by atoms with van der Waals surface area (Å²) >= 11 is 0. The van der Waals surface area contributed by atoms with Crippen molar-refractivity contribution in [3.8, 4) is 0 Å². The number of hydrogen-bond acceptors (Lipinski definition) is 3. The number of hydrogen-bond donors (Lipinski definition) is 0. The van der Waals surface area contributed by atoms with Crippen molar-refractivity contribution in [2.75, 3.05) is 13.1 Å². The number of benzene rings is 2. The highest BCUT2D eigenvalue weighted by atomic mass is 19.1. The fourth-order valence-corrected chi connectivity index (χ4v) is 3.86. The molecule has 1 atom stereocenters. The molecule has 1 unspecified atom stereocenters. The zero-order valence-electron chi connectivity index (χ0n) is 16.0. The van der Waals surface area contributed by atoms with Crippen LogP contribution in [0.5, 0.6) is 0 Å². The van der Waals surface area contributed by atoms with Crippen molar-refractivity contribution < 1.29 is 13.6 Å². The van der Waals surface area contributed by atoms with Crippen LogP contribution >= 0.6 is 0 Å². The number of rotatable bonds is 5. The van der Waals surface area contributed by atoms with E-state index in [0.717, 1.165) is 42.4 Å². The van der Waals surface area contributed by atoms with Gasteiger partial charge in [0.1, 0.15) is 23.8 Å². The van der Waals surface area contributed by atoms with Crippen LogP contribution in [0.1, 0.15) is 34.6 Å². The van der Waals surface area contributed by atoms with Gasteiger partial charge in [-0.1, -0.05) is 30.3 Å². The Balaban J connectivity index is 1.44. The molecule has 0 radical (unpaired) electrons. The highest BCUT2D eigenvalue weighted by Gasteiger charge is 2.27. The van der Waals surface area contributed by atoms with E-state index in [1.165, 1.54) is 0 Å². The van der Waals surface area contributed by atoms with Crippen molar-refractivity contribution in [3.05, 3.63) is 83.4 Å². The normalized spacial score (nSPS) is 16.8. The van der Waals surface area contributed by atoms with Crippen LogP contribution in [0.4, 0.5) is 8.78 Å². The number of aromatic nitrogens is 3. The minimum atomic E-state index is -0.693. The van der Waals surface area contributed by atoms with Crippen molar-refractivity contribution in [1.82, 2.24) is 19.7 Å². The molecule has 7 heteroatoms. The van der Waals surface area contributed by atoms with Gasteiger partial charge in [0, 0.05) is 19.5 Å². The summed E-state index contributed by atoms with van der Waals surface area (Å²) in [6.07, 6.45) is 4.17. The maximum Gasteiger partial charge on any atom is 0.256 e. The van der Waals surface area contributed by atoms with Crippen LogP contribution in [0, 0.1) is 17.6 Å². The highest BCUT2D eigenvalue weighted by Crippen LogP contribution is 2.23. The molecule has 4 rings (SSSR count). The second-order valence-electron chi connectivity index (χ2n) is 7.45. The van der Waals surface area contributed by atoms with E-state index in [4.69, 9.17) is 0 Å². The fraction of sp³-hybridized carbons (Fsp3) is 0.318. The van der Waals surface area contributed by atoms with Gasteiger partial charge in [-0.15, -0.1) is 10.2 Å². The number of piperidine rings is 1. The molecular formula is C22H22F2N4O. The minimum Gasteiger partial charge on any atom is -0.338 e. The van der Waals surface area contributed by atoms with Gasteiger partial charge in [-0.25, -0.2) is 8.78 Å². The van der Waals surface area contributed by atoms with Crippen LogP contribution in [0.2, 0.25) is 0 Å². The second-order valence-corrected chi connectivity index (χ2v) is 7.45. The Hall–Kier alpha value is -3.09. The summed E-state index contributed by atoms with van der Waals surface area (Å²) < 4.78 is 29.5. The third-order valence-electron chi connectivity index (χ3n) is 5.33. The molecule has 2 aromatic carbocycles. The van der Waals surface area contributed by atoms with Crippen LogP contribution in [0.25, 0.3) is 0 Å². The maximum atomic E-state index is 14.0. The molecule has 1 saturated heterocycles. The first kappa shape index (κ1) is 19.2. The molecule has 150 valence electrons. The van der Waals surface area contributed by atoms with E-state index in [1.54, 1.807) is 11.2 Å². The lowest BCUT2D eigenvalue weighted by Crippen LogP contribution is -2.41. The zero-order valence-corrected chi connectivity index (χ0v) is 16.0. The molecule has 1 amide bonds. The van der Waals surface area contributed by atoms with Gasteiger partial charge in [-0.2, -0.15) is 0 Å². The highest BCUT2D eigenvalue weighted by molar-refractivity contribution is 5.94. The molecule has 1 aliphatic heterocycles. The third kappa shape index (κ3) is 4.50. The Morgan fingerprint density at radius 2 is 1.97 bits per heavy atom. The zero-order chi connectivity index (χ0) is 20.2. The topological polar surface area (TPSA) is 51.0 Å². The lowest BCUT2D eigenvalue weighted by Gasteiger charge is -2.32. The van der Waals surface area contributed by atoms with Crippen molar-refractivity contribution in [1.29, 1.82) is 0 Å². The first-order chi connectivity index (χ1) is 14.1. The van der Waals surface area contributed by atoms with Gasteiger partial charge < -0.3 is 9.47 Å². The van der Waals surface area contributed by atoms with Crippen LogP contribution < -0.4 is 0 Å². The van der Waals surface area contributed by atoms with Gasteiger partial charge in [0.15, 0.2) is 0 Å². The largest absolute Gasteiger partial charge is 0.338 e. The summed E-state index contributed by atoms with van der Waals surface area (Å²) in [5, 5.41) is 8.31. The summed E-state index contributed by atoms with van der Waals surface area (Å²) in [5.74, 6) is -0.705. The number of halogens is 2. The van der Waals surface area contributed by atoms with Crippen molar-refractivity contribution in [3.63, 3.8) is 0 Å². The Morgan fingerprint density at radius 1 is 1.14 bits per heavy atom. The van der Waals surface area contributed by atoms with Crippen LogP contribution in [-0.2, 0) is 13.0 Å². The summed E-state index contributed by atoms with van der Waals surface area (Å²) in [6.45, 7) is 1.72. The molecule has 0 bridgehead atoms. The van der Waals surface area contributed by atoms with Crippen molar-refractivity contribution in [2.24, 2.45) is 5.92 Å². The number of amides is 1. The van der Waals surface area contributed by atoms with E-state index < -0.39 is 17.5 Å². The molecule has 1 fully saturated rings. The summed E-state index contributed by atoms with van der Waals surface area (Å²) in [5.41, 5.74) is 0.952. The maximum absolute atomic E-state index is 14.0. The SMILES string of the molecule is O=C(c1cc(F)ccc1F)N1CCCC(Cc2nncn2Cc2ccccc2)C1. The molecule has 3 aromatic rings. The van der Waals surface area contributed by atoms with E-state index >= 15 is 0 Å². The quantitative estimate of drug-likeness (QED) is 0.661. The minimum absolute atomic E-state index is 0.197. The summed E-state index contributed by atoms with van der Waals surface area (Å²) in [6, 6.07) is 13.1. The van der Waals surface area contributed by atoms with Crippen LogP contribution in [0.3, 0.4) is 0 Å². The third-order valence-corrected chi connectivity index (χ3v) is 5.33. The molecule has 0 N–H and O–H groups in total. The van der Waals surface area contributed by atoms with E-state index in [9.17, 15) is 13.6 Å². The van der Waals surface area contributed by atoms with Gasteiger partial charge in [-0.3, -0.25) is 4.79 Å². The average molecular weight is 396 g/mol. The molecule has 2 heterocycles. The molecular weight excluding hydrogens is 374 g/mol. The Kier molecular flexibility index (Phi) is 5.64. The monoisotopic (exact) mass is 396 g/mol. The van der Waals surface area contributed by atoms with Gasteiger partial charge in [0.2, 0.25) is 0 Å². The number of likely N-dealkylation sites (tertiary alicyclic amines) is 1. The van der Waals surface area contributed by atoms with Gasteiger partial charge >= 0.3 is 0 Å². The number of carbonyl (C=O) groups excluding carboxylic acids is 1. The van der Waals surface area contributed by atoms with Gasteiger partial charge in [-0.05, 0) is 42.5 Å². The number of nitrogens with zero attached hydrogens (tertiary/aromatic N) is 4. The van der Waals surface area contributed by atoms with E-state index in [1.807, 2.05) is 22.8 Å². The predicted molar refractivity (Wildman–Crippen MR) is 104 cm³/mol. The van der Waals surface area contributed by atoms with Crippen LogP contribution in [0.15, 0.2) is 54.9 Å². The van der Waals surface area contributed by atoms with E-state index in [2.05, 4.69) is 22.3 Å². The molecule has 1 aliphatic rings. The standard InChI is InChI=1S/C22H22F2N4O/c23-18-8-9-20(24)19(12-18)22(29)27-10-4-7-17(14-27)11-21-26-25-15-28(21)13-16-5-2-1-3-6-16/h1-3,5-6,8-9,12,15,17H,4,7,10-11,13-14H2. The summed E-state index contributed by atoms with van der Waals surface area (Å²) in [7, 11) is 0. The average Bonchev–Trinajstić information content (AvgIpc) is 3.16. The van der Waals surface area contributed by atoms with Crippen LogP contribution in [-0.4, -0.2) is 38.7 Å². The molecule has 0 aliphatic carbocycles. The van der Waals surface area contributed by atoms with Gasteiger partial charge in [0.25, 0.3) is 5.91 Å². The Morgan fingerprint density at radius 3 is 2.79 bits per heavy atom. The molecule has 5 nitrogen and oxygen atoms in total. The van der Waals surface area contributed by atoms with E-state index in [-0.39, 0.29) is 11.5 Å². The number of carbonyl (C=O) groups is 1. The smallest absolute Gasteiger partial charge is 0.256 e. The second kappa shape index (κ2) is 8.51. The Labute approximate surface area is 168 Å². The first-order valence-corrected chi connectivity index (χ1v) is 9.75. The molecule has 1 aromatic heterocycles. The van der Waals surface area contributed by atoms with E-state index in [0.29, 0.717) is 26.1 Å². The molecule has 0 saturated carbocycles. The lowest BCUT2D eigenvalue weighted by atomic mass is 9.94. The molecule has 29 heavy (non-hydrogen) atoms.